The Labute approximate surface area is 107 Å². The van der Waals surface area contributed by atoms with Gasteiger partial charge in [-0.3, -0.25) is 0 Å². The number of hydrogen-bond donors (Lipinski definition) is 1. The van der Waals surface area contributed by atoms with Crippen LogP contribution in [0.15, 0.2) is 24.4 Å². The summed E-state index contributed by atoms with van der Waals surface area (Å²) in [6.45, 7) is 6.59. The fourth-order valence-electron chi connectivity index (χ4n) is 2.14. The van der Waals surface area contributed by atoms with Gasteiger partial charge in [0.2, 0.25) is 0 Å². The molecule has 0 radical (unpaired) electrons. The molecule has 0 aliphatic heterocycles. The molecule has 1 aromatic heterocycles. The second-order valence-electron chi connectivity index (χ2n) is 4.54. The highest BCUT2D eigenvalue weighted by Gasteiger charge is 2.12. The Bertz CT molecular complexity index is 514. The van der Waals surface area contributed by atoms with Crippen LogP contribution in [0.1, 0.15) is 32.4 Å². The van der Waals surface area contributed by atoms with Crippen LogP contribution < -0.4 is 5.73 Å². The molecule has 1 aromatic carbocycles. The van der Waals surface area contributed by atoms with Gasteiger partial charge < -0.3 is 10.3 Å². The van der Waals surface area contributed by atoms with Crippen molar-refractivity contribution >= 4 is 28.4 Å². The first kappa shape index (κ1) is 12.4. The fraction of sp³-hybridized carbons (Fsp3) is 0.429. The van der Waals surface area contributed by atoms with Crippen LogP contribution in [0.3, 0.4) is 0 Å². The van der Waals surface area contributed by atoms with Crippen LogP contribution in [0, 0.1) is 0 Å². The summed E-state index contributed by atoms with van der Waals surface area (Å²) < 4.78 is 2.29. The third-order valence-corrected chi connectivity index (χ3v) is 3.91. The van der Waals surface area contributed by atoms with Crippen LogP contribution in [-0.4, -0.2) is 10.3 Å². The molecule has 0 amide bonds. The zero-order chi connectivity index (χ0) is 12.4. The minimum atomic E-state index is 0.447. The Morgan fingerprint density at radius 1 is 1.35 bits per heavy atom. The SMILES string of the molecule is CCSCc1cn(C(C)C)c2c(N)cccc12. The summed E-state index contributed by atoms with van der Waals surface area (Å²) in [4.78, 5) is 0. The number of aromatic nitrogens is 1. The molecule has 0 bridgehead atoms. The molecule has 2 nitrogen and oxygen atoms in total. The van der Waals surface area contributed by atoms with Crippen LogP contribution in [-0.2, 0) is 5.75 Å². The molecule has 0 aliphatic rings. The van der Waals surface area contributed by atoms with Crippen molar-refractivity contribution in [2.45, 2.75) is 32.6 Å². The molecule has 0 saturated heterocycles. The molecule has 2 N–H and O–H groups in total. The number of nitrogens with zero attached hydrogens (tertiary/aromatic N) is 1. The van der Waals surface area contributed by atoms with Crippen molar-refractivity contribution in [1.29, 1.82) is 0 Å². The minimum absolute atomic E-state index is 0.447. The molecule has 2 aromatic rings. The zero-order valence-corrected chi connectivity index (χ0v) is 11.6. The Kier molecular flexibility index (Phi) is 3.67. The van der Waals surface area contributed by atoms with Gasteiger partial charge in [0, 0.05) is 23.4 Å². The van der Waals surface area contributed by atoms with E-state index < -0.39 is 0 Å². The van der Waals surface area contributed by atoms with Crippen molar-refractivity contribution in [2.24, 2.45) is 0 Å². The molecular weight excluding hydrogens is 228 g/mol. The number of thioether (sulfide) groups is 1. The topological polar surface area (TPSA) is 30.9 Å². The zero-order valence-electron chi connectivity index (χ0n) is 10.7. The molecule has 0 spiro atoms. The minimum Gasteiger partial charge on any atom is -0.397 e. The predicted molar refractivity (Wildman–Crippen MR) is 78.6 cm³/mol. The van der Waals surface area contributed by atoms with Crippen LogP contribution in [0.4, 0.5) is 5.69 Å². The van der Waals surface area contributed by atoms with Crippen molar-refractivity contribution in [2.75, 3.05) is 11.5 Å². The van der Waals surface area contributed by atoms with E-state index in [-0.39, 0.29) is 0 Å². The molecular formula is C14H20N2S. The Hall–Kier alpha value is -1.09. The largest absolute Gasteiger partial charge is 0.397 e. The lowest BCUT2D eigenvalue weighted by Gasteiger charge is -2.10. The van der Waals surface area contributed by atoms with Gasteiger partial charge in [-0.2, -0.15) is 11.8 Å². The second kappa shape index (κ2) is 5.05. The molecule has 0 atom stereocenters. The molecule has 2 rings (SSSR count). The second-order valence-corrected chi connectivity index (χ2v) is 5.81. The van der Waals surface area contributed by atoms with Gasteiger partial charge in [0.1, 0.15) is 0 Å². The predicted octanol–water partition coefficient (Wildman–Crippen LogP) is 4.06. The van der Waals surface area contributed by atoms with Gasteiger partial charge in [-0.1, -0.05) is 19.1 Å². The Balaban J connectivity index is 2.58. The van der Waals surface area contributed by atoms with Crippen molar-refractivity contribution in [3.63, 3.8) is 0 Å². The highest BCUT2D eigenvalue weighted by Crippen LogP contribution is 2.31. The smallest absolute Gasteiger partial charge is 0.0719 e. The molecule has 1 heterocycles. The lowest BCUT2D eigenvalue weighted by molar-refractivity contribution is 0.622. The number of hydrogen-bond acceptors (Lipinski definition) is 2. The standard InChI is InChI=1S/C14H20N2S/c1-4-17-9-11-8-16(10(2)3)14-12(11)6-5-7-13(14)15/h5-8,10H,4,9,15H2,1-3H3. The maximum Gasteiger partial charge on any atom is 0.0719 e. The third kappa shape index (κ3) is 2.29. The van der Waals surface area contributed by atoms with E-state index in [0.29, 0.717) is 6.04 Å². The number of para-hydroxylation sites is 1. The van der Waals surface area contributed by atoms with E-state index in [1.807, 2.05) is 23.9 Å². The van der Waals surface area contributed by atoms with Crippen molar-refractivity contribution in [3.05, 3.63) is 30.0 Å². The van der Waals surface area contributed by atoms with Gasteiger partial charge >= 0.3 is 0 Å². The fourth-order valence-corrected chi connectivity index (χ4v) is 2.80. The first-order valence-electron chi connectivity index (χ1n) is 6.10. The Morgan fingerprint density at radius 2 is 2.12 bits per heavy atom. The van der Waals surface area contributed by atoms with Crippen LogP contribution in [0.2, 0.25) is 0 Å². The highest BCUT2D eigenvalue weighted by molar-refractivity contribution is 7.98. The molecule has 92 valence electrons. The normalized spacial score (nSPS) is 11.5. The van der Waals surface area contributed by atoms with Gasteiger partial charge in [0.05, 0.1) is 11.2 Å². The monoisotopic (exact) mass is 248 g/mol. The van der Waals surface area contributed by atoms with Crippen molar-refractivity contribution in [1.82, 2.24) is 4.57 Å². The van der Waals surface area contributed by atoms with Gasteiger partial charge in [0.15, 0.2) is 0 Å². The summed E-state index contributed by atoms with van der Waals surface area (Å²) in [5.74, 6) is 2.22. The average molecular weight is 248 g/mol. The molecule has 0 fully saturated rings. The van der Waals surface area contributed by atoms with Crippen LogP contribution in [0.25, 0.3) is 10.9 Å². The molecule has 3 heteroatoms. The van der Waals surface area contributed by atoms with Crippen molar-refractivity contribution in [3.8, 4) is 0 Å². The summed E-state index contributed by atoms with van der Waals surface area (Å²) in [7, 11) is 0. The van der Waals surface area contributed by atoms with E-state index in [1.165, 1.54) is 16.5 Å². The summed E-state index contributed by atoms with van der Waals surface area (Å²) in [5.41, 5.74) is 9.57. The highest BCUT2D eigenvalue weighted by atomic mass is 32.2. The van der Waals surface area contributed by atoms with Gasteiger partial charge in [-0.15, -0.1) is 0 Å². The maximum absolute atomic E-state index is 6.11. The summed E-state index contributed by atoms with van der Waals surface area (Å²) in [5, 5.41) is 1.31. The summed E-state index contributed by atoms with van der Waals surface area (Å²) in [6, 6.07) is 6.65. The maximum atomic E-state index is 6.11. The molecule has 0 aliphatic carbocycles. The van der Waals surface area contributed by atoms with E-state index >= 15 is 0 Å². The van der Waals surface area contributed by atoms with E-state index in [9.17, 15) is 0 Å². The van der Waals surface area contributed by atoms with Crippen LogP contribution >= 0.6 is 11.8 Å². The molecule has 17 heavy (non-hydrogen) atoms. The number of nitrogen functional groups attached to an aromatic ring is 1. The molecule has 0 saturated carbocycles. The van der Waals surface area contributed by atoms with Gasteiger partial charge in [-0.25, -0.2) is 0 Å². The van der Waals surface area contributed by atoms with Gasteiger partial charge in [0.25, 0.3) is 0 Å². The van der Waals surface area contributed by atoms with E-state index in [4.69, 9.17) is 5.73 Å². The van der Waals surface area contributed by atoms with E-state index in [1.54, 1.807) is 0 Å². The summed E-state index contributed by atoms with van der Waals surface area (Å²) >= 11 is 1.95. The number of fused-ring (bicyclic) bond motifs is 1. The van der Waals surface area contributed by atoms with E-state index in [2.05, 4.69) is 37.6 Å². The quantitative estimate of drug-likeness (QED) is 0.827. The third-order valence-electron chi connectivity index (χ3n) is 2.98. The average Bonchev–Trinajstić information content (AvgIpc) is 2.67. The Morgan fingerprint density at radius 3 is 2.76 bits per heavy atom. The van der Waals surface area contributed by atoms with E-state index in [0.717, 1.165) is 17.2 Å². The number of benzene rings is 1. The first-order chi connectivity index (χ1) is 8.15. The van der Waals surface area contributed by atoms with Crippen LogP contribution in [0.5, 0.6) is 0 Å². The first-order valence-corrected chi connectivity index (χ1v) is 7.26. The lowest BCUT2D eigenvalue weighted by atomic mass is 10.2. The summed E-state index contributed by atoms with van der Waals surface area (Å²) in [6.07, 6.45) is 2.26. The van der Waals surface area contributed by atoms with Gasteiger partial charge in [-0.05, 0) is 31.2 Å². The van der Waals surface area contributed by atoms with Crippen molar-refractivity contribution < 1.29 is 0 Å². The number of nitrogens with two attached hydrogens (primary N) is 1. The lowest BCUT2D eigenvalue weighted by Crippen LogP contribution is -2.00. The molecule has 0 unspecified atom stereocenters. The number of rotatable bonds is 4. The number of anilines is 1.